The van der Waals surface area contributed by atoms with Crippen LogP contribution in [0.1, 0.15) is 1.43 Å². The topological polar surface area (TPSA) is 51.2 Å². The van der Waals surface area contributed by atoms with E-state index in [-0.39, 0.29) is 31.0 Å². The van der Waals surface area contributed by atoms with Crippen molar-refractivity contribution in [2.75, 3.05) is 0 Å². The Morgan fingerprint density at radius 2 is 1.20 bits per heavy atom. The van der Waals surface area contributed by atoms with E-state index in [1.807, 2.05) is 0 Å². The van der Waals surface area contributed by atoms with E-state index in [9.17, 15) is 0 Å². The van der Waals surface area contributed by atoms with Gasteiger partial charge in [-0.25, -0.2) is 0 Å². The molecule has 3 nitrogen and oxygen atoms in total. The SMILES string of the molecule is [H-].[Na+].[O]=[W](=[O])=[O]. The molecule has 0 aromatic carbocycles. The van der Waals surface area contributed by atoms with Crippen molar-refractivity contribution in [1.82, 2.24) is 0 Å². The Bertz CT molecular complexity index is 80.2. The van der Waals surface area contributed by atoms with Crippen LogP contribution >= 0.6 is 0 Å². The van der Waals surface area contributed by atoms with Crippen molar-refractivity contribution in [3.8, 4) is 0 Å². The van der Waals surface area contributed by atoms with Gasteiger partial charge < -0.3 is 1.43 Å². The molecule has 0 unspecified atom stereocenters. The zero-order valence-corrected chi connectivity index (χ0v) is 7.57. The minimum atomic E-state index is -4.28. The minimum absolute atomic E-state index is 0. The van der Waals surface area contributed by atoms with Crippen molar-refractivity contribution >= 4 is 0 Å². The second-order valence-corrected chi connectivity index (χ2v) is 1.67. The Hall–Kier alpha value is 1.09. The van der Waals surface area contributed by atoms with Crippen LogP contribution < -0.4 is 29.6 Å². The summed E-state index contributed by atoms with van der Waals surface area (Å²) < 4.78 is 25.8. The van der Waals surface area contributed by atoms with E-state index in [1.54, 1.807) is 0 Å². The van der Waals surface area contributed by atoms with Gasteiger partial charge >= 0.3 is 57.0 Å². The van der Waals surface area contributed by atoms with E-state index < -0.39 is 17.2 Å². The first kappa shape index (κ1) is 9.43. The fraction of sp³-hybridized carbons (Fsp3) is 0. The average molecular weight is 256 g/mol. The molecule has 0 fully saturated rings. The van der Waals surface area contributed by atoms with E-state index >= 15 is 0 Å². The summed E-state index contributed by atoms with van der Waals surface area (Å²) in [6, 6.07) is 0. The Morgan fingerprint density at radius 1 is 1.20 bits per heavy atom. The van der Waals surface area contributed by atoms with Crippen molar-refractivity contribution in [2.24, 2.45) is 0 Å². The molecule has 5 heteroatoms. The van der Waals surface area contributed by atoms with Gasteiger partial charge in [-0.05, 0) is 0 Å². The summed E-state index contributed by atoms with van der Waals surface area (Å²) in [5.41, 5.74) is 0. The second-order valence-electron chi connectivity index (χ2n) is 0.204. The monoisotopic (exact) mass is 256 g/mol. The van der Waals surface area contributed by atoms with Crippen molar-refractivity contribution in [3.05, 3.63) is 0 Å². The zero-order chi connectivity index (χ0) is 3.58. The van der Waals surface area contributed by atoms with Crippen molar-refractivity contribution in [2.45, 2.75) is 0 Å². The number of hydrogen-bond acceptors (Lipinski definition) is 3. The molecule has 0 aliphatic heterocycles. The van der Waals surface area contributed by atoms with Crippen LogP contribution in [-0.2, 0) is 27.4 Å². The molecular formula is HNaO3W. The first-order valence-corrected chi connectivity index (χ1v) is 4.09. The fourth-order valence-corrected chi connectivity index (χ4v) is 0. The summed E-state index contributed by atoms with van der Waals surface area (Å²) in [7, 11) is 0. The van der Waals surface area contributed by atoms with E-state index in [0.29, 0.717) is 0 Å². The van der Waals surface area contributed by atoms with Crippen LogP contribution in [0.5, 0.6) is 0 Å². The van der Waals surface area contributed by atoms with Gasteiger partial charge in [0.15, 0.2) is 0 Å². The molecule has 0 N–H and O–H groups in total. The molecule has 0 amide bonds. The molecule has 0 saturated carbocycles. The van der Waals surface area contributed by atoms with Crippen LogP contribution in [0.3, 0.4) is 0 Å². The van der Waals surface area contributed by atoms with E-state index in [0.717, 1.165) is 0 Å². The van der Waals surface area contributed by atoms with Crippen molar-refractivity contribution < 1.29 is 58.4 Å². The second kappa shape index (κ2) is 5.09. The summed E-state index contributed by atoms with van der Waals surface area (Å²) in [5, 5.41) is 0. The zero-order valence-electron chi connectivity index (χ0n) is 3.63. The quantitative estimate of drug-likeness (QED) is 0.428. The Morgan fingerprint density at radius 3 is 1.20 bits per heavy atom. The maximum atomic E-state index is 8.61. The van der Waals surface area contributed by atoms with E-state index in [1.165, 1.54) is 0 Å². The molecule has 0 bridgehead atoms. The van der Waals surface area contributed by atoms with E-state index in [4.69, 9.17) is 10.2 Å². The van der Waals surface area contributed by atoms with E-state index in [2.05, 4.69) is 0 Å². The van der Waals surface area contributed by atoms with Gasteiger partial charge in [-0.3, -0.25) is 0 Å². The third-order valence-corrected chi connectivity index (χ3v) is 0. The van der Waals surface area contributed by atoms with Crippen molar-refractivity contribution in [1.29, 1.82) is 0 Å². The van der Waals surface area contributed by atoms with Crippen LogP contribution in [0.25, 0.3) is 0 Å². The molecule has 0 aromatic rings. The number of rotatable bonds is 0. The molecule has 26 valence electrons. The van der Waals surface area contributed by atoms with Gasteiger partial charge in [-0.15, -0.1) is 0 Å². The average Bonchev–Trinajstić information content (AvgIpc) is 0.811. The summed E-state index contributed by atoms with van der Waals surface area (Å²) in [4.78, 5) is 0. The van der Waals surface area contributed by atoms with Crippen LogP contribution in [0.2, 0.25) is 0 Å². The molecule has 0 aliphatic rings. The van der Waals surface area contributed by atoms with Gasteiger partial charge in [0.2, 0.25) is 0 Å². The Kier molecular flexibility index (Phi) is 9.60. The molecule has 0 rings (SSSR count). The van der Waals surface area contributed by atoms with Crippen LogP contribution in [0, 0.1) is 0 Å². The summed E-state index contributed by atoms with van der Waals surface area (Å²) in [5.74, 6) is 0. The molecule has 0 spiro atoms. The normalized spacial score (nSPS) is 4.80. The molecule has 0 heterocycles. The first-order chi connectivity index (χ1) is 1.73. The molecule has 0 saturated heterocycles. The standard InChI is InChI=1S/Na.3O.W.H/q+1;;;;;-1. The van der Waals surface area contributed by atoms with Crippen molar-refractivity contribution in [3.63, 3.8) is 0 Å². The number of hydrogen-bond donors (Lipinski definition) is 0. The fourth-order valence-electron chi connectivity index (χ4n) is 0. The molecular weight excluding hydrogens is 255 g/mol. The molecule has 5 heavy (non-hydrogen) atoms. The predicted molar refractivity (Wildman–Crippen MR) is 3.17 cm³/mol. The third kappa shape index (κ3) is 41.0. The Balaban J connectivity index is -0.0000000450. The van der Waals surface area contributed by atoms with Gasteiger partial charge in [0.25, 0.3) is 0 Å². The molecule has 0 radical (unpaired) electrons. The third-order valence-electron chi connectivity index (χ3n) is 0. The van der Waals surface area contributed by atoms with Gasteiger partial charge in [0.1, 0.15) is 0 Å². The van der Waals surface area contributed by atoms with Gasteiger partial charge in [0, 0.05) is 0 Å². The molecule has 0 aliphatic carbocycles. The van der Waals surface area contributed by atoms with Gasteiger partial charge in [-0.1, -0.05) is 0 Å². The maximum absolute atomic E-state index is 8.61. The summed E-state index contributed by atoms with van der Waals surface area (Å²) in [6.07, 6.45) is 0. The van der Waals surface area contributed by atoms with Crippen LogP contribution in [-0.4, -0.2) is 0 Å². The summed E-state index contributed by atoms with van der Waals surface area (Å²) >= 11 is -4.28. The summed E-state index contributed by atoms with van der Waals surface area (Å²) in [6.45, 7) is 0. The predicted octanol–water partition coefficient (Wildman–Crippen LogP) is -3.24. The van der Waals surface area contributed by atoms with Crippen LogP contribution in [0.4, 0.5) is 0 Å². The Labute approximate surface area is 58.0 Å². The molecule has 0 aromatic heterocycles. The van der Waals surface area contributed by atoms with Crippen LogP contribution in [0.15, 0.2) is 0 Å². The first-order valence-electron chi connectivity index (χ1n) is 0.500. The van der Waals surface area contributed by atoms with Gasteiger partial charge in [0.05, 0.1) is 0 Å². The molecule has 0 atom stereocenters. The van der Waals surface area contributed by atoms with Gasteiger partial charge in [-0.2, -0.15) is 0 Å².